The van der Waals surface area contributed by atoms with Gasteiger partial charge < -0.3 is 9.84 Å². The second-order valence-electron chi connectivity index (χ2n) is 4.63. The van der Waals surface area contributed by atoms with Gasteiger partial charge in [0, 0.05) is 18.1 Å². The lowest BCUT2D eigenvalue weighted by atomic mass is 9.91. The van der Waals surface area contributed by atoms with E-state index in [1.165, 1.54) is 4.90 Å². The summed E-state index contributed by atoms with van der Waals surface area (Å²) in [5.74, 6) is 0. The first-order valence-corrected chi connectivity index (χ1v) is 7.19. The van der Waals surface area contributed by atoms with Gasteiger partial charge in [-0.15, -0.1) is 18.3 Å². The summed E-state index contributed by atoms with van der Waals surface area (Å²) < 4.78 is 5.31. The van der Waals surface area contributed by atoms with Crippen molar-refractivity contribution in [2.24, 2.45) is 0 Å². The van der Waals surface area contributed by atoms with Crippen LogP contribution in [0.15, 0.2) is 47.9 Å². The third-order valence-corrected chi connectivity index (χ3v) is 5.00. The Kier molecular flexibility index (Phi) is 4.87. The van der Waals surface area contributed by atoms with Crippen molar-refractivity contribution in [1.82, 2.24) is 0 Å². The van der Waals surface area contributed by atoms with Crippen LogP contribution in [0, 0.1) is 0 Å². The summed E-state index contributed by atoms with van der Waals surface area (Å²) in [5, 5.41) is 10.4. The Balaban J connectivity index is 2.16. The van der Waals surface area contributed by atoms with E-state index in [1.54, 1.807) is 17.8 Å². The summed E-state index contributed by atoms with van der Waals surface area (Å²) in [7, 11) is 0. The van der Waals surface area contributed by atoms with Crippen LogP contribution in [0.3, 0.4) is 0 Å². The summed E-state index contributed by atoms with van der Waals surface area (Å²) in [5.41, 5.74) is 0. The minimum atomic E-state index is -0.357. The number of hydrogen-bond acceptors (Lipinski definition) is 3. The lowest BCUT2D eigenvalue weighted by molar-refractivity contribution is 0.0268. The smallest absolute Gasteiger partial charge is 0.0726 e. The predicted molar refractivity (Wildman–Crippen MR) is 75.9 cm³/mol. The van der Waals surface area contributed by atoms with E-state index in [0.29, 0.717) is 6.42 Å². The van der Waals surface area contributed by atoms with Gasteiger partial charge in [0.15, 0.2) is 0 Å². The van der Waals surface area contributed by atoms with E-state index in [2.05, 4.69) is 18.7 Å². The maximum absolute atomic E-state index is 10.4. The molecule has 2 rings (SSSR count). The molecule has 1 fully saturated rings. The molecule has 0 radical (unpaired) electrons. The Hall–Kier alpha value is -0.770. The van der Waals surface area contributed by atoms with Gasteiger partial charge in [-0.3, -0.25) is 0 Å². The molecule has 1 heterocycles. The summed E-state index contributed by atoms with van der Waals surface area (Å²) in [4.78, 5) is 1.21. The zero-order valence-electron chi connectivity index (χ0n) is 10.5. The van der Waals surface area contributed by atoms with Crippen molar-refractivity contribution in [1.29, 1.82) is 0 Å². The summed E-state index contributed by atoms with van der Waals surface area (Å²) >= 11 is 1.78. The molecule has 1 aliphatic rings. The molecule has 1 N–H and O–H groups in total. The standard InChI is InChI=1S/C15H20O2S/c1-2-6-14(16)15(9-11-17-12-10-15)18-13-7-4-3-5-8-13/h2-5,7-8,14,16H,1,6,9-12H2. The van der Waals surface area contributed by atoms with Gasteiger partial charge in [-0.25, -0.2) is 0 Å². The van der Waals surface area contributed by atoms with Gasteiger partial charge in [0.1, 0.15) is 0 Å². The normalized spacial score (nSPS) is 20.3. The number of thioether (sulfide) groups is 1. The van der Waals surface area contributed by atoms with E-state index in [0.717, 1.165) is 26.1 Å². The number of rotatable bonds is 5. The van der Waals surface area contributed by atoms with Crippen molar-refractivity contribution < 1.29 is 9.84 Å². The molecular formula is C15H20O2S. The Morgan fingerprint density at radius 2 is 2.00 bits per heavy atom. The average Bonchev–Trinajstić information content (AvgIpc) is 2.41. The topological polar surface area (TPSA) is 29.5 Å². The number of hydrogen-bond donors (Lipinski definition) is 1. The lowest BCUT2D eigenvalue weighted by Gasteiger charge is -2.40. The number of aliphatic hydroxyl groups excluding tert-OH is 1. The Morgan fingerprint density at radius 3 is 2.61 bits per heavy atom. The predicted octanol–water partition coefficient (Wildman–Crippen LogP) is 3.26. The van der Waals surface area contributed by atoms with Crippen LogP contribution in [-0.2, 0) is 4.74 Å². The summed E-state index contributed by atoms with van der Waals surface area (Å²) in [6.07, 6.45) is 3.86. The molecule has 0 saturated carbocycles. The van der Waals surface area contributed by atoms with E-state index < -0.39 is 0 Å². The molecule has 0 aromatic heterocycles. The fourth-order valence-corrected chi connectivity index (χ4v) is 3.68. The Bertz CT molecular complexity index is 371. The lowest BCUT2D eigenvalue weighted by Crippen LogP contribution is -2.43. The van der Waals surface area contributed by atoms with Gasteiger partial charge in [0.2, 0.25) is 0 Å². The van der Waals surface area contributed by atoms with Gasteiger partial charge in [0.25, 0.3) is 0 Å². The second-order valence-corrected chi connectivity index (χ2v) is 6.12. The van der Waals surface area contributed by atoms with Gasteiger partial charge in [-0.05, 0) is 31.4 Å². The van der Waals surface area contributed by atoms with Crippen LogP contribution in [0.25, 0.3) is 0 Å². The third-order valence-electron chi connectivity index (χ3n) is 3.40. The second kappa shape index (κ2) is 6.41. The summed E-state index contributed by atoms with van der Waals surface area (Å²) in [6, 6.07) is 10.3. The van der Waals surface area contributed by atoms with Crippen molar-refractivity contribution in [2.75, 3.05) is 13.2 Å². The van der Waals surface area contributed by atoms with E-state index >= 15 is 0 Å². The molecule has 0 spiro atoms. The third kappa shape index (κ3) is 3.16. The molecule has 0 amide bonds. The fourth-order valence-electron chi connectivity index (χ4n) is 2.32. The largest absolute Gasteiger partial charge is 0.391 e. The van der Waals surface area contributed by atoms with Crippen molar-refractivity contribution in [3.05, 3.63) is 43.0 Å². The quantitative estimate of drug-likeness (QED) is 0.828. The molecule has 0 bridgehead atoms. The van der Waals surface area contributed by atoms with Gasteiger partial charge >= 0.3 is 0 Å². The van der Waals surface area contributed by atoms with Gasteiger partial charge in [-0.2, -0.15) is 0 Å². The molecular weight excluding hydrogens is 244 g/mol. The van der Waals surface area contributed by atoms with Crippen LogP contribution < -0.4 is 0 Å². The van der Waals surface area contributed by atoms with E-state index in [1.807, 2.05) is 18.2 Å². The fraction of sp³-hybridized carbons (Fsp3) is 0.467. The molecule has 1 aliphatic heterocycles. The molecule has 1 unspecified atom stereocenters. The molecule has 18 heavy (non-hydrogen) atoms. The number of benzene rings is 1. The highest BCUT2D eigenvalue weighted by Crippen LogP contribution is 2.43. The molecule has 1 saturated heterocycles. The first-order valence-electron chi connectivity index (χ1n) is 6.38. The van der Waals surface area contributed by atoms with Crippen molar-refractivity contribution in [2.45, 2.75) is 35.0 Å². The highest BCUT2D eigenvalue weighted by Gasteiger charge is 2.39. The molecule has 98 valence electrons. The monoisotopic (exact) mass is 264 g/mol. The molecule has 0 aliphatic carbocycles. The van der Waals surface area contributed by atoms with E-state index in [4.69, 9.17) is 4.74 Å². The van der Waals surface area contributed by atoms with E-state index in [9.17, 15) is 5.11 Å². The highest BCUT2D eigenvalue weighted by molar-refractivity contribution is 8.00. The average molecular weight is 264 g/mol. The molecule has 1 aromatic carbocycles. The van der Waals surface area contributed by atoms with Crippen LogP contribution in [0.4, 0.5) is 0 Å². The number of aliphatic hydroxyl groups is 1. The van der Waals surface area contributed by atoms with Crippen LogP contribution in [-0.4, -0.2) is 29.2 Å². The Labute approximate surface area is 113 Å². The van der Waals surface area contributed by atoms with Crippen LogP contribution in [0.2, 0.25) is 0 Å². The SMILES string of the molecule is C=CCC(O)C1(Sc2ccccc2)CCOCC1. The number of ether oxygens (including phenoxy) is 1. The van der Waals surface area contributed by atoms with Gasteiger partial charge in [-0.1, -0.05) is 24.3 Å². The van der Waals surface area contributed by atoms with Gasteiger partial charge in [0.05, 0.1) is 10.9 Å². The van der Waals surface area contributed by atoms with Crippen LogP contribution >= 0.6 is 11.8 Å². The van der Waals surface area contributed by atoms with Crippen LogP contribution in [0.1, 0.15) is 19.3 Å². The maximum Gasteiger partial charge on any atom is 0.0726 e. The first kappa shape index (κ1) is 13.7. The molecule has 2 nitrogen and oxygen atoms in total. The minimum absolute atomic E-state index is 0.131. The minimum Gasteiger partial charge on any atom is -0.391 e. The van der Waals surface area contributed by atoms with Crippen molar-refractivity contribution in [3.63, 3.8) is 0 Å². The zero-order valence-corrected chi connectivity index (χ0v) is 11.4. The van der Waals surface area contributed by atoms with Crippen molar-refractivity contribution >= 4 is 11.8 Å². The van der Waals surface area contributed by atoms with Crippen molar-refractivity contribution in [3.8, 4) is 0 Å². The Morgan fingerprint density at radius 1 is 1.33 bits per heavy atom. The highest BCUT2D eigenvalue weighted by atomic mass is 32.2. The maximum atomic E-state index is 10.4. The summed E-state index contributed by atoms with van der Waals surface area (Å²) in [6.45, 7) is 5.19. The molecule has 1 aromatic rings. The van der Waals surface area contributed by atoms with Crippen LogP contribution in [0.5, 0.6) is 0 Å². The zero-order chi connectivity index (χ0) is 12.8. The first-order chi connectivity index (χ1) is 8.77. The molecule has 3 heteroatoms. The van der Waals surface area contributed by atoms with E-state index in [-0.39, 0.29) is 10.9 Å². The molecule has 1 atom stereocenters.